The van der Waals surface area contributed by atoms with Gasteiger partial charge in [0.25, 0.3) is 0 Å². The summed E-state index contributed by atoms with van der Waals surface area (Å²) in [5, 5.41) is 8.98. The number of ether oxygens (including phenoxy) is 2. The van der Waals surface area contributed by atoms with Crippen molar-refractivity contribution >= 4 is 5.91 Å². The number of aliphatic hydroxyl groups is 1. The third kappa shape index (κ3) is 4.28. The highest BCUT2D eigenvalue weighted by Gasteiger charge is 2.15. The summed E-state index contributed by atoms with van der Waals surface area (Å²) in [7, 11) is 3.13. The summed E-state index contributed by atoms with van der Waals surface area (Å²) in [6.07, 6.45) is 1.85. The number of methoxy groups -OCH3 is 2. The number of amides is 1. The first kappa shape index (κ1) is 16.0. The molecule has 5 heteroatoms. The molecule has 0 radical (unpaired) electrons. The Hall–Kier alpha value is -2.01. The van der Waals surface area contributed by atoms with Gasteiger partial charge in [-0.3, -0.25) is 4.79 Å². The molecule has 0 saturated heterocycles. The Balaban J connectivity index is 2.85. The first-order valence-electron chi connectivity index (χ1n) is 6.36. The molecule has 0 aliphatic carbocycles. The van der Waals surface area contributed by atoms with E-state index in [2.05, 4.69) is 6.58 Å². The van der Waals surface area contributed by atoms with Gasteiger partial charge < -0.3 is 19.5 Å². The molecule has 1 amide bonds. The van der Waals surface area contributed by atoms with Crippen LogP contribution in [0, 0.1) is 0 Å². The van der Waals surface area contributed by atoms with Crippen LogP contribution in [0.15, 0.2) is 30.9 Å². The van der Waals surface area contributed by atoms with Gasteiger partial charge >= 0.3 is 0 Å². The monoisotopic (exact) mass is 279 g/mol. The summed E-state index contributed by atoms with van der Waals surface area (Å²) >= 11 is 0. The lowest BCUT2D eigenvalue weighted by molar-refractivity contribution is -0.130. The number of hydrogen-bond acceptors (Lipinski definition) is 4. The van der Waals surface area contributed by atoms with E-state index in [9.17, 15) is 4.79 Å². The van der Waals surface area contributed by atoms with Crippen LogP contribution in [0.5, 0.6) is 11.5 Å². The second-order valence-corrected chi connectivity index (χ2v) is 4.21. The van der Waals surface area contributed by atoms with Crippen molar-refractivity contribution in [1.82, 2.24) is 4.90 Å². The van der Waals surface area contributed by atoms with Crippen LogP contribution in [-0.4, -0.2) is 49.8 Å². The number of benzene rings is 1. The largest absolute Gasteiger partial charge is 0.497 e. The van der Waals surface area contributed by atoms with Crippen molar-refractivity contribution < 1.29 is 19.4 Å². The van der Waals surface area contributed by atoms with Gasteiger partial charge in [0.1, 0.15) is 11.5 Å². The number of rotatable bonds is 8. The molecule has 0 bridgehead atoms. The maximum atomic E-state index is 12.2. The van der Waals surface area contributed by atoms with Crippen molar-refractivity contribution in [1.29, 1.82) is 0 Å². The predicted octanol–water partition coefficient (Wildman–Crippen LogP) is 1.25. The fourth-order valence-electron chi connectivity index (χ4n) is 1.87. The normalized spacial score (nSPS) is 9.95. The molecule has 0 aliphatic rings. The van der Waals surface area contributed by atoms with Crippen LogP contribution in [0.4, 0.5) is 0 Å². The van der Waals surface area contributed by atoms with E-state index < -0.39 is 0 Å². The SMILES string of the molecule is C=CCN(CCO)C(=O)Cc1ccc(OC)cc1OC. The van der Waals surface area contributed by atoms with Crippen LogP contribution >= 0.6 is 0 Å². The summed E-state index contributed by atoms with van der Waals surface area (Å²) in [4.78, 5) is 13.7. The van der Waals surface area contributed by atoms with Gasteiger partial charge in [-0.25, -0.2) is 0 Å². The molecule has 0 aliphatic heterocycles. The van der Waals surface area contributed by atoms with Gasteiger partial charge in [-0.2, -0.15) is 0 Å². The summed E-state index contributed by atoms with van der Waals surface area (Å²) < 4.78 is 10.4. The minimum absolute atomic E-state index is 0.0701. The molecule has 5 nitrogen and oxygen atoms in total. The zero-order valence-electron chi connectivity index (χ0n) is 12.0. The molecule has 0 fully saturated rings. The zero-order valence-corrected chi connectivity index (χ0v) is 12.0. The molecule has 1 rings (SSSR count). The number of carbonyl (C=O) groups excluding carboxylic acids is 1. The highest BCUT2D eigenvalue weighted by Crippen LogP contribution is 2.25. The second kappa shape index (κ2) is 8.22. The van der Waals surface area contributed by atoms with Crippen LogP contribution in [-0.2, 0) is 11.2 Å². The minimum atomic E-state index is -0.0811. The van der Waals surface area contributed by atoms with Crippen LogP contribution in [0.1, 0.15) is 5.56 Å². The van der Waals surface area contributed by atoms with Gasteiger partial charge in [0.05, 0.1) is 27.2 Å². The maximum absolute atomic E-state index is 12.2. The molecule has 0 atom stereocenters. The van der Waals surface area contributed by atoms with Crippen molar-refractivity contribution in [2.75, 3.05) is 33.9 Å². The van der Waals surface area contributed by atoms with Gasteiger partial charge in [-0.1, -0.05) is 12.1 Å². The fourth-order valence-corrected chi connectivity index (χ4v) is 1.87. The van der Waals surface area contributed by atoms with E-state index in [0.717, 1.165) is 5.56 Å². The first-order valence-corrected chi connectivity index (χ1v) is 6.36. The molecule has 0 saturated carbocycles. The van der Waals surface area contributed by atoms with E-state index in [4.69, 9.17) is 14.6 Å². The lowest BCUT2D eigenvalue weighted by atomic mass is 10.1. The Bertz CT molecular complexity index is 459. The van der Waals surface area contributed by atoms with Crippen LogP contribution < -0.4 is 9.47 Å². The van der Waals surface area contributed by atoms with Crippen molar-refractivity contribution in [2.24, 2.45) is 0 Å². The van der Waals surface area contributed by atoms with Crippen LogP contribution in [0.25, 0.3) is 0 Å². The number of nitrogens with zero attached hydrogens (tertiary/aromatic N) is 1. The minimum Gasteiger partial charge on any atom is -0.497 e. The van der Waals surface area contributed by atoms with Crippen molar-refractivity contribution in [3.63, 3.8) is 0 Å². The second-order valence-electron chi connectivity index (χ2n) is 4.21. The highest BCUT2D eigenvalue weighted by molar-refractivity contribution is 5.79. The molecule has 1 aromatic rings. The van der Waals surface area contributed by atoms with Crippen LogP contribution in [0.3, 0.4) is 0 Å². The molecular formula is C15H21NO4. The van der Waals surface area contributed by atoms with Crippen LogP contribution in [0.2, 0.25) is 0 Å². The summed E-state index contributed by atoms with van der Waals surface area (Å²) in [5.41, 5.74) is 0.783. The molecule has 0 spiro atoms. The summed E-state index contributed by atoms with van der Waals surface area (Å²) in [6, 6.07) is 5.34. The van der Waals surface area contributed by atoms with E-state index in [-0.39, 0.29) is 18.9 Å². The molecule has 20 heavy (non-hydrogen) atoms. The smallest absolute Gasteiger partial charge is 0.227 e. The Kier molecular flexibility index (Phi) is 6.59. The lowest BCUT2D eigenvalue weighted by Gasteiger charge is -2.20. The molecule has 0 aromatic heterocycles. The predicted molar refractivity (Wildman–Crippen MR) is 77.1 cm³/mol. The molecule has 1 N–H and O–H groups in total. The average Bonchev–Trinajstić information content (AvgIpc) is 2.47. The van der Waals surface area contributed by atoms with Gasteiger partial charge in [-0.15, -0.1) is 6.58 Å². The zero-order chi connectivity index (χ0) is 15.0. The third-order valence-electron chi connectivity index (χ3n) is 2.91. The maximum Gasteiger partial charge on any atom is 0.227 e. The molecular weight excluding hydrogens is 258 g/mol. The lowest BCUT2D eigenvalue weighted by Crippen LogP contribution is -2.34. The quantitative estimate of drug-likeness (QED) is 0.728. The van der Waals surface area contributed by atoms with Gasteiger partial charge in [-0.05, 0) is 6.07 Å². The summed E-state index contributed by atoms with van der Waals surface area (Å²) in [6.45, 7) is 4.25. The van der Waals surface area contributed by atoms with Crippen molar-refractivity contribution in [3.8, 4) is 11.5 Å². The van der Waals surface area contributed by atoms with E-state index in [1.165, 1.54) is 0 Å². The summed E-state index contributed by atoms with van der Waals surface area (Å²) in [5.74, 6) is 1.21. The van der Waals surface area contributed by atoms with E-state index in [0.29, 0.717) is 24.6 Å². The Morgan fingerprint density at radius 1 is 1.40 bits per heavy atom. The topological polar surface area (TPSA) is 59.0 Å². The first-order chi connectivity index (χ1) is 9.65. The molecule has 0 unspecified atom stereocenters. The molecule has 0 heterocycles. The Labute approximate surface area is 119 Å². The number of aliphatic hydroxyl groups excluding tert-OH is 1. The number of carbonyl (C=O) groups is 1. The van der Waals surface area contributed by atoms with E-state index >= 15 is 0 Å². The van der Waals surface area contributed by atoms with E-state index in [1.54, 1.807) is 43.4 Å². The standard InChI is InChI=1S/C15H21NO4/c1-4-7-16(8-9-17)15(18)10-12-5-6-13(19-2)11-14(12)20-3/h4-6,11,17H,1,7-10H2,2-3H3. The van der Waals surface area contributed by atoms with Crippen molar-refractivity contribution in [3.05, 3.63) is 36.4 Å². The fraction of sp³-hybridized carbons (Fsp3) is 0.400. The van der Waals surface area contributed by atoms with E-state index in [1.807, 2.05) is 0 Å². The van der Waals surface area contributed by atoms with Gasteiger partial charge in [0.2, 0.25) is 5.91 Å². The van der Waals surface area contributed by atoms with Gasteiger partial charge in [0.15, 0.2) is 0 Å². The average molecular weight is 279 g/mol. The van der Waals surface area contributed by atoms with Gasteiger partial charge in [0, 0.05) is 24.7 Å². The number of hydrogen-bond donors (Lipinski definition) is 1. The molecule has 110 valence electrons. The van der Waals surface area contributed by atoms with Crippen molar-refractivity contribution in [2.45, 2.75) is 6.42 Å². The highest BCUT2D eigenvalue weighted by atomic mass is 16.5. The Morgan fingerprint density at radius 3 is 2.70 bits per heavy atom. The molecule has 1 aromatic carbocycles. The third-order valence-corrected chi connectivity index (χ3v) is 2.91. The Morgan fingerprint density at radius 2 is 2.15 bits per heavy atom.